The average Bonchev–Trinajstić information content (AvgIpc) is 2.50. The second kappa shape index (κ2) is 4.05. The van der Waals surface area contributed by atoms with E-state index in [0.29, 0.717) is 5.82 Å². The van der Waals surface area contributed by atoms with Gasteiger partial charge in [-0.1, -0.05) is 11.6 Å². The summed E-state index contributed by atoms with van der Waals surface area (Å²) in [6.07, 6.45) is 3.02. The van der Waals surface area contributed by atoms with Gasteiger partial charge in [0.25, 0.3) is 5.91 Å². The highest BCUT2D eigenvalue weighted by Gasteiger charge is 2.36. The molecule has 1 aromatic heterocycles. The number of halogens is 1. The van der Waals surface area contributed by atoms with Crippen LogP contribution in [0, 0.1) is 0 Å². The van der Waals surface area contributed by atoms with Crippen molar-refractivity contribution in [1.29, 1.82) is 0 Å². The van der Waals surface area contributed by atoms with Crippen LogP contribution < -0.4 is 5.32 Å². The summed E-state index contributed by atoms with van der Waals surface area (Å²) in [5.41, 5.74) is 0. The van der Waals surface area contributed by atoms with Crippen LogP contribution in [0.15, 0.2) is 12.4 Å². The molecule has 7 heteroatoms. The summed E-state index contributed by atoms with van der Waals surface area (Å²) in [4.78, 5) is 31.7. The van der Waals surface area contributed by atoms with Crippen LogP contribution in [0.5, 0.6) is 0 Å². The Morgan fingerprint density at radius 2 is 2.12 bits per heavy atom. The number of amides is 2. The summed E-state index contributed by atoms with van der Waals surface area (Å²) in [7, 11) is 1.45. The topological polar surface area (TPSA) is 75.2 Å². The van der Waals surface area contributed by atoms with Crippen molar-refractivity contribution in [1.82, 2.24) is 14.9 Å². The van der Waals surface area contributed by atoms with Gasteiger partial charge in [-0.15, -0.1) is 0 Å². The highest BCUT2D eigenvalue weighted by Crippen LogP contribution is 2.19. The van der Waals surface area contributed by atoms with E-state index in [4.69, 9.17) is 11.6 Å². The molecule has 0 saturated carbocycles. The lowest BCUT2D eigenvalue weighted by molar-refractivity contribution is -0.136. The van der Waals surface area contributed by atoms with E-state index in [0.717, 1.165) is 4.90 Å². The van der Waals surface area contributed by atoms with E-state index < -0.39 is 6.04 Å². The minimum Gasteiger partial charge on any atom is -0.355 e. The van der Waals surface area contributed by atoms with E-state index in [1.807, 2.05) is 0 Å². The van der Waals surface area contributed by atoms with Gasteiger partial charge in [0.1, 0.15) is 6.04 Å². The lowest BCUT2D eigenvalue weighted by Crippen LogP contribution is -2.32. The van der Waals surface area contributed by atoms with Gasteiger partial charge in [-0.05, 0) is 0 Å². The third-order valence-electron chi connectivity index (χ3n) is 2.35. The minimum absolute atomic E-state index is 0.113. The number of rotatable bonds is 2. The first-order valence-corrected chi connectivity index (χ1v) is 5.01. The first kappa shape index (κ1) is 10.8. The van der Waals surface area contributed by atoms with Gasteiger partial charge in [0.2, 0.25) is 5.91 Å². The predicted octanol–water partition coefficient (Wildman–Crippen LogP) is 0.299. The van der Waals surface area contributed by atoms with Gasteiger partial charge < -0.3 is 5.32 Å². The molecule has 0 bridgehead atoms. The molecule has 1 atom stereocenters. The Morgan fingerprint density at radius 3 is 2.69 bits per heavy atom. The number of hydrogen-bond donors (Lipinski definition) is 1. The van der Waals surface area contributed by atoms with Crippen molar-refractivity contribution in [2.75, 3.05) is 12.4 Å². The molecule has 0 spiro atoms. The number of nitrogens with zero attached hydrogens (tertiary/aromatic N) is 3. The number of hydrogen-bond acceptors (Lipinski definition) is 5. The highest BCUT2D eigenvalue weighted by atomic mass is 35.5. The predicted molar refractivity (Wildman–Crippen MR) is 56.8 cm³/mol. The summed E-state index contributed by atoms with van der Waals surface area (Å²) in [6.45, 7) is 0. The molecule has 1 aliphatic rings. The third kappa shape index (κ3) is 1.83. The number of likely N-dealkylation sites (N-methyl/N-ethyl adjacent to an activating group) is 1. The first-order valence-electron chi connectivity index (χ1n) is 4.63. The monoisotopic (exact) mass is 240 g/mol. The van der Waals surface area contributed by atoms with Crippen molar-refractivity contribution in [3.8, 4) is 0 Å². The lowest BCUT2D eigenvalue weighted by Gasteiger charge is -2.11. The molecular formula is C9H9ClN4O2. The van der Waals surface area contributed by atoms with Crippen molar-refractivity contribution >= 4 is 29.2 Å². The van der Waals surface area contributed by atoms with E-state index in [2.05, 4.69) is 15.3 Å². The fourth-order valence-corrected chi connectivity index (χ4v) is 1.61. The standard InChI is InChI=1S/C9H9ClN4O2/c1-14-6(15)4-5(9(14)16)13-8-7(10)11-2-3-12-8/h2-3,5H,4H2,1H3,(H,12,13). The van der Waals surface area contributed by atoms with Crippen LogP contribution in [-0.4, -0.2) is 39.8 Å². The van der Waals surface area contributed by atoms with Gasteiger partial charge in [0.15, 0.2) is 11.0 Å². The number of carbonyl (C=O) groups excluding carboxylic acids is 2. The van der Waals surface area contributed by atoms with E-state index >= 15 is 0 Å². The van der Waals surface area contributed by atoms with Crippen LogP contribution in [0.4, 0.5) is 5.82 Å². The second-order valence-electron chi connectivity index (χ2n) is 3.39. The number of likely N-dealkylation sites (tertiary alicyclic amines) is 1. The normalized spacial score (nSPS) is 20.4. The number of anilines is 1. The maximum absolute atomic E-state index is 11.6. The molecule has 0 radical (unpaired) electrons. The Kier molecular flexibility index (Phi) is 2.74. The molecule has 1 N–H and O–H groups in total. The summed E-state index contributed by atoms with van der Waals surface area (Å²) < 4.78 is 0. The molecule has 84 valence electrons. The molecule has 2 amide bonds. The van der Waals surface area contributed by atoms with Gasteiger partial charge in [-0.2, -0.15) is 0 Å². The quantitative estimate of drug-likeness (QED) is 0.753. The first-order chi connectivity index (χ1) is 7.59. The van der Waals surface area contributed by atoms with Crippen molar-refractivity contribution in [2.24, 2.45) is 0 Å². The van der Waals surface area contributed by atoms with Gasteiger partial charge in [0.05, 0.1) is 6.42 Å². The number of carbonyl (C=O) groups is 2. The third-order valence-corrected chi connectivity index (χ3v) is 2.62. The molecule has 1 unspecified atom stereocenters. The summed E-state index contributed by atoms with van der Waals surface area (Å²) in [5, 5.41) is 2.98. The summed E-state index contributed by atoms with van der Waals surface area (Å²) in [5.74, 6) is -0.195. The van der Waals surface area contributed by atoms with Crippen LogP contribution in [0.3, 0.4) is 0 Å². The minimum atomic E-state index is -0.605. The van der Waals surface area contributed by atoms with Crippen molar-refractivity contribution in [2.45, 2.75) is 12.5 Å². The fourth-order valence-electron chi connectivity index (χ4n) is 1.45. The lowest BCUT2D eigenvalue weighted by atomic mass is 10.2. The maximum atomic E-state index is 11.6. The van der Waals surface area contributed by atoms with Gasteiger partial charge >= 0.3 is 0 Å². The highest BCUT2D eigenvalue weighted by molar-refractivity contribution is 6.31. The molecule has 16 heavy (non-hydrogen) atoms. The maximum Gasteiger partial charge on any atom is 0.251 e. The molecule has 1 fully saturated rings. The van der Waals surface area contributed by atoms with E-state index in [1.165, 1.54) is 19.4 Å². The number of nitrogens with one attached hydrogen (secondary N) is 1. The van der Waals surface area contributed by atoms with Gasteiger partial charge in [-0.3, -0.25) is 14.5 Å². The zero-order chi connectivity index (χ0) is 11.7. The molecule has 2 heterocycles. The van der Waals surface area contributed by atoms with Crippen LogP contribution in [0.2, 0.25) is 5.15 Å². The van der Waals surface area contributed by atoms with Crippen molar-refractivity contribution < 1.29 is 9.59 Å². The van der Waals surface area contributed by atoms with Crippen LogP contribution in [-0.2, 0) is 9.59 Å². The Balaban J connectivity index is 2.15. The number of aromatic nitrogens is 2. The second-order valence-corrected chi connectivity index (χ2v) is 3.75. The van der Waals surface area contributed by atoms with Crippen molar-refractivity contribution in [3.05, 3.63) is 17.5 Å². The molecule has 1 aliphatic heterocycles. The molecule has 2 rings (SSSR count). The number of imide groups is 1. The Labute approximate surface area is 96.6 Å². The summed E-state index contributed by atoms with van der Waals surface area (Å²) >= 11 is 5.78. The van der Waals surface area contributed by atoms with Crippen LogP contribution >= 0.6 is 11.6 Å². The largest absolute Gasteiger partial charge is 0.355 e. The van der Waals surface area contributed by atoms with Gasteiger partial charge in [-0.25, -0.2) is 9.97 Å². The van der Waals surface area contributed by atoms with Crippen molar-refractivity contribution in [3.63, 3.8) is 0 Å². The molecule has 0 aliphatic carbocycles. The van der Waals surface area contributed by atoms with Crippen LogP contribution in [0.1, 0.15) is 6.42 Å². The summed E-state index contributed by atoms with van der Waals surface area (Å²) in [6, 6.07) is -0.605. The van der Waals surface area contributed by atoms with E-state index in [-0.39, 0.29) is 23.4 Å². The van der Waals surface area contributed by atoms with Gasteiger partial charge in [0, 0.05) is 19.4 Å². The van der Waals surface area contributed by atoms with Crippen LogP contribution in [0.25, 0.3) is 0 Å². The molecule has 6 nitrogen and oxygen atoms in total. The molecular weight excluding hydrogens is 232 g/mol. The Hall–Kier alpha value is -1.69. The molecule has 1 aromatic rings. The average molecular weight is 241 g/mol. The zero-order valence-electron chi connectivity index (χ0n) is 8.48. The fraction of sp³-hybridized carbons (Fsp3) is 0.333. The van der Waals surface area contributed by atoms with E-state index in [9.17, 15) is 9.59 Å². The SMILES string of the molecule is CN1C(=O)CC(Nc2nccnc2Cl)C1=O. The zero-order valence-corrected chi connectivity index (χ0v) is 9.23. The molecule has 1 saturated heterocycles. The van der Waals surface area contributed by atoms with E-state index in [1.54, 1.807) is 0 Å². The Morgan fingerprint density at radius 1 is 1.44 bits per heavy atom. The Bertz CT molecular complexity index is 451. The smallest absolute Gasteiger partial charge is 0.251 e. The molecule has 0 aromatic carbocycles.